The predicted octanol–water partition coefficient (Wildman–Crippen LogP) is 1.58. The van der Waals surface area contributed by atoms with Gasteiger partial charge in [0.2, 0.25) is 10.0 Å². The molecule has 8 heteroatoms. The number of carboxylic acid groups (broad SMARTS) is 2. The molecule has 0 spiro atoms. The molecule has 0 aliphatic carbocycles. The molecule has 1 aromatic carbocycles. The van der Waals surface area contributed by atoms with Crippen molar-refractivity contribution in [1.82, 2.24) is 4.31 Å². The zero-order valence-corrected chi connectivity index (χ0v) is 14.0. The van der Waals surface area contributed by atoms with Crippen LogP contribution in [0.1, 0.15) is 24.0 Å². The predicted molar refractivity (Wildman–Crippen MR) is 87.0 cm³/mol. The normalized spacial score (nSPS) is 17.2. The minimum atomic E-state index is -3.74. The van der Waals surface area contributed by atoms with Gasteiger partial charge in [0.1, 0.15) is 0 Å². The molecule has 24 heavy (non-hydrogen) atoms. The maximum absolute atomic E-state index is 12.8. The van der Waals surface area contributed by atoms with Gasteiger partial charge >= 0.3 is 11.9 Å². The maximum atomic E-state index is 12.8. The van der Waals surface area contributed by atoms with Gasteiger partial charge in [-0.3, -0.25) is 4.79 Å². The van der Waals surface area contributed by atoms with Crippen LogP contribution in [0, 0.1) is 12.8 Å². The second kappa shape index (κ2) is 7.14. The summed E-state index contributed by atoms with van der Waals surface area (Å²) in [4.78, 5) is 21.7. The lowest BCUT2D eigenvalue weighted by atomic mass is 9.99. The van der Waals surface area contributed by atoms with Crippen molar-refractivity contribution in [2.75, 3.05) is 13.1 Å². The van der Waals surface area contributed by atoms with Crippen molar-refractivity contribution in [3.05, 3.63) is 35.4 Å². The van der Waals surface area contributed by atoms with Gasteiger partial charge in [-0.2, -0.15) is 4.31 Å². The lowest BCUT2D eigenvalue weighted by Gasteiger charge is -2.29. The largest absolute Gasteiger partial charge is 0.481 e. The number of benzene rings is 1. The van der Waals surface area contributed by atoms with Crippen LogP contribution in [0.25, 0.3) is 6.08 Å². The van der Waals surface area contributed by atoms with E-state index in [1.54, 1.807) is 19.1 Å². The molecule has 0 saturated carbocycles. The smallest absolute Gasteiger partial charge is 0.328 e. The molecule has 1 fully saturated rings. The number of sulfonamides is 1. The molecular formula is C16H19NO6S. The van der Waals surface area contributed by atoms with Crippen LogP contribution in [0.15, 0.2) is 29.2 Å². The molecule has 0 atom stereocenters. The Morgan fingerprint density at radius 3 is 2.38 bits per heavy atom. The summed E-state index contributed by atoms with van der Waals surface area (Å²) in [6, 6.07) is 4.70. The number of piperidine rings is 1. The number of rotatable bonds is 5. The third-order valence-electron chi connectivity index (χ3n) is 4.05. The molecule has 0 bridgehead atoms. The lowest BCUT2D eigenvalue weighted by molar-refractivity contribution is -0.143. The number of carbonyl (C=O) groups is 2. The van der Waals surface area contributed by atoms with Gasteiger partial charge in [-0.25, -0.2) is 13.2 Å². The van der Waals surface area contributed by atoms with Gasteiger partial charge in [0.05, 0.1) is 10.8 Å². The average molecular weight is 353 g/mol. The summed E-state index contributed by atoms with van der Waals surface area (Å²) in [5.74, 6) is -2.53. The Morgan fingerprint density at radius 1 is 1.21 bits per heavy atom. The van der Waals surface area contributed by atoms with Crippen LogP contribution in [0.4, 0.5) is 0 Å². The molecule has 130 valence electrons. The fourth-order valence-electron chi connectivity index (χ4n) is 2.65. The third-order valence-corrected chi connectivity index (χ3v) is 6.09. The second-order valence-corrected chi connectivity index (χ2v) is 7.62. The maximum Gasteiger partial charge on any atom is 0.328 e. The number of hydrogen-bond acceptors (Lipinski definition) is 4. The molecule has 1 heterocycles. The van der Waals surface area contributed by atoms with E-state index >= 15 is 0 Å². The van der Waals surface area contributed by atoms with Crippen molar-refractivity contribution < 1.29 is 28.2 Å². The topological polar surface area (TPSA) is 112 Å². The highest BCUT2D eigenvalue weighted by molar-refractivity contribution is 7.89. The fraction of sp³-hybridized carbons (Fsp3) is 0.375. The van der Waals surface area contributed by atoms with Gasteiger partial charge in [-0.05, 0) is 43.0 Å². The Hall–Kier alpha value is -2.19. The summed E-state index contributed by atoms with van der Waals surface area (Å²) in [7, 11) is -3.74. The summed E-state index contributed by atoms with van der Waals surface area (Å²) >= 11 is 0. The number of aliphatic carboxylic acids is 2. The summed E-state index contributed by atoms with van der Waals surface area (Å²) in [5, 5.41) is 17.7. The Balaban J connectivity index is 2.27. The van der Waals surface area contributed by atoms with Crippen LogP contribution in [0.5, 0.6) is 0 Å². The molecule has 0 amide bonds. The first kappa shape index (κ1) is 18.2. The molecule has 0 aromatic heterocycles. The molecule has 2 N–H and O–H groups in total. The molecule has 7 nitrogen and oxygen atoms in total. The molecular weight excluding hydrogens is 334 g/mol. The van der Waals surface area contributed by atoms with E-state index in [4.69, 9.17) is 10.2 Å². The monoisotopic (exact) mass is 353 g/mol. The van der Waals surface area contributed by atoms with E-state index in [1.165, 1.54) is 16.4 Å². The quantitative estimate of drug-likeness (QED) is 0.777. The van der Waals surface area contributed by atoms with Crippen LogP contribution in [-0.4, -0.2) is 48.0 Å². The van der Waals surface area contributed by atoms with Crippen molar-refractivity contribution >= 4 is 28.0 Å². The lowest BCUT2D eigenvalue weighted by Crippen LogP contribution is -2.40. The Bertz CT molecular complexity index is 776. The summed E-state index contributed by atoms with van der Waals surface area (Å²) < 4.78 is 26.9. The van der Waals surface area contributed by atoms with Gasteiger partial charge in [-0.15, -0.1) is 0 Å². The molecule has 1 aliphatic rings. The Kier molecular flexibility index (Phi) is 5.40. The minimum absolute atomic E-state index is 0.115. The molecule has 0 unspecified atom stereocenters. The summed E-state index contributed by atoms with van der Waals surface area (Å²) in [6.45, 7) is 1.99. The number of aryl methyl sites for hydroxylation is 1. The van der Waals surface area contributed by atoms with E-state index in [9.17, 15) is 18.0 Å². The SMILES string of the molecule is Cc1ccc(C=CC(=O)O)cc1S(=O)(=O)N1CCC(C(=O)O)CC1. The third kappa shape index (κ3) is 4.01. The van der Waals surface area contributed by atoms with E-state index in [1.807, 2.05) is 0 Å². The van der Waals surface area contributed by atoms with E-state index in [0.29, 0.717) is 11.1 Å². The average Bonchev–Trinajstić information content (AvgIpc) is 2.53. The highest BCUT2D eigenvalue weighted by atomic mass is 32.2. The molecule has 1 saturated heterocycles. The number of nitrogens with zero attached hydrogens (tertiary/aromatic N) is 1. The zero-order chi connectivity index (χ0) is 17.9. The van der Waals surface area contributed by atoms with E-state index in [-0.39, 0.29) is 30.8 Å². The van der Waals surface area contributed by atoms with Gasteiger partial charge in [0, 0.05) is 19.2 Å². The molecule has 1 aromatic rings. The number of carboxylic acids is 2. The first-order valence-corrected chi connectivity index (χ1v) is 8.90. The Morgan fingerprint density at radius 2 is 1.83 bits per heavy atom. The van der Waals surface area contributed by atoms with Crippen LogP contribution < -0.4 is 0 Å². The molecule has 1 aliphatic heterocycles. The summed E-state index contributed by atoms with van der Waals surface area (Å²) in [6.07, 6.45) is 2.84. The van der Waals surface area contributed by atoms with Gasteiger partial charge < -0.3 is 10.2 Å². The van der Waals surface area contributed by atoms with Crippen molar-refractivity contribution in [2.24, 2.45) is 5.92 Å². The van der Waals surface area contributed by atoms with E-state index in [2.05, 4.69) is 0 Å². The number of hydrogen-bond donors (Lipinski definition) is 2. The highest BCUT2D eigenvalue weighted by Crippen LogP contribution is 2.26. The highest BCUT2D eigenvalue weighted by Gasteiger charge is 2.32. The van der Waals surface area contributed by atoms with Crippen LogP contribution in [0.3, 0.4) is 0 Å². The van der Waals surface area contributed by atoms with Gasteiger partial charge in [0.15, 0.2) is 0 Å². The van der Waals surface area contributed by atoms with Crippen LogP contribution in [-0.2, 0) is 19.6 Å². The first-order chi connectivity index (χ1) is 11.2. The van der Waals surface area contributed by atoms with Crippen molar-refractivity contribution in [3.63, 3.8) is 0 Å². The molecule has 0 radical (unpaired) electrons. The van der Waals surface area contributed by atoms with Crippen molar-refractivity contribution in [1.29, 1.82) is 0 Å². The second-order valence-electron chi connectivity index (χ2n) is 5.71. The van der Waals surface area contributed by atoms with E-state index < -0.39 is 27.9 Å². The summed E-state index contributed by atoms with van der Waals surface area (Å²) in [5.41, 5.74) is 1.03. The Labute approximate surface area is 140 Å². The first-order valence-electron chi connectivity index (χ1n) is 7.46. The standard InChI is InChI=1S/C16H19NO6S/c1-11-2-3-12(4-5-15(18)19)10-14(11)24(22,23)17-8-6-13(7-9-17)16(20)21/h2-5,10,13H,6-9H2,1H3,(H,18,19)(H,20,21). The zero-order valence-electron chi connectivity index (χ0n) is 13.2. The van der Waals surface area contributed by atoms with E-state index in [0.717, 1.165) is 6.08 Å². The van der Waals surface area contributed by atoms with Crippen LogP contribution in [0.2, 0.25) is 0 Å². The van der Waals surface area contributed by atoms with Crippen molar-refractivity contribution in [3.8, 4) is 0 Å². The fourth-order valence-corrected chi connectivity index (χ4v) is 4.38. The van der Waals surface area contributed by atoms with Crippen LogP contribution >= 0.6 is 0 Å². The molecule has 2 rings (SSSR count). The minimum Gasteiger partial charge on any atom is -0.481 e. The van der Waals surface area contributed by atoms with Gasteiger partial charge in [0.25, 0.3) is 0 Å². The van der Waals surface area contributed by atoms with Gasteiger partial charge in [-0.1, -0.05) is 12.1 Å². The van der Waals surface area contributed by atoms with Crippen molar-refractivity contribution in [2.45, 2.75) is 24.7 Å².